The first-order chi connectivity index (χ1) is 5.24. The molecule has 0 aliphatic carbocycles. The summed E-state index contributed by atoms with van der Waals surface area (Å²) in [5.41, 5.74) is 6.66. The summed E-state index contributed by atoms with van der Waals surface area (Å²) in [6.07, 6.45) is 0.924. The molecule has 0 fully saturated rings. The van der Waals surface area contributed by atoms with Crippen LogP contribution in [0, 0.1) is 3.57 Å². The lowest BCUT2D eigenvalue weighted by atomic mass is 10.2. The highest BCUT2D eigenvalue weighted by molar-refractivity contribution is 14.1. The van der Waals surface area contributed by atoms with Crippen molar-refractivity contribution in [2.75, 3.05) is 6.54 Å². The molecule has 0 amide bonds. The standard InChI is InChI=1S/C8H9ClIN/c9-7-2-1-6(3-4-11)5-8(7)10/h1-2,5H,3-4,11H2. The number of nitrogens with two attached hydrogens (primary N) is 1. The summed E-state index contributed by atoms with van der Waals surface area (Å²) < 4.78 is 1.09. The van der Waals surface area contributed by atoms with E-state index in [9.17, 15) is 0 Å². The molecule has 0 radical (unpaired) electrons. The predicted molar refractivity (Wildman–Crippen MR) is 56.9 cm³/mol. The summed E-state index contributed by atoms with van der Waals surface area (Å²) in [7, 11) is 0. The summed E-state index contributed by atoms with van der Waals surface area (Å²) in [5.74, 6) is 0. The Labute approximate surface area is 85.1 Å². The van der Waals surface area contributed by atoms with Crippen molar-refractivity contribution in [3.8, 4) is 0 Å². The zero-order chi connectivity index (χ0) is 8.27. The van der Waals surface area contributed by atoms with Crippen molar-refractivity contribution in [2.24, 2.45) is 5.73 Å². The Hall–Kier alpha value is 0.200. The Morgan fingerprint density at radius 2 is 2.18 bits per heavy atom. The molecule has 0 aliphatic rings. The monoisotopic (exact) mass is 281 g/mol. The van der Waals surface area contributed by atoms with Gasteiger partial charge in [-0.05, 0) is 53.3 Å². The number of benzene rings is 1. The van der Waals surface area contributed by atoms with Crippen molar-refractivity contribution >= 4 is 34.2 Å². The number of halogens is 2. The predicted octanol–water partition coefficient (Wildman–Crippen LogP) is 2.45. The van der Waals surface area contributed by atoms with E-state index in [4.69, 9.17) is 17.3 Å². The normalized spacial score (nSPS) is 10.1. The Morgan fingerprint density at radius 1 is 1.45 bits per heavy atom. The van der Waals surface area contributed by atoms with E-state index >= 15 is 0 Å². The molecule has 3 heteroatoms. The molecule has 0 atom stereocenters. The maximum atomic E-state index is 5.84. The van der Waals surface area contributed by atoms with E-state index in [1.165, 1.54) is 5.56 Å². The molecule has 0 spiro atoms. The van der Waals surface area contributed by atoms with Gasteiger partial charge in [-0.2, -0.15) is 0 Å². The van der Waals surface area contributed by atoms with Crippen molar-refractivity contribution in [1.29, 1.82) is 0 Å². The first-order valence-electron chi connectivity index (χ1n) is 3.38. The molecule has 1 aromatic carbocycles. The molecule has 11 heavy (non-hydrogen) atoms. The number of rotatable bonds is 2. The highest BCUT2D eigenvalue weighted by atomic mass is 127. The first-order valence-corrected chi connectivity index (χ1v) is 4.83. The van der Waals surface area contributed by atoms with E-state index < -0.39 is 0 Å². The lowest BCUT2D eigenvalue weighted by Crippen LogP contribution is -2.02. The van der Waals surface area contributed by atoms with Crippen molar-refractivity contribution in [2.45, 2.75) is 6.42 Å². The molecule has 1 nitrogen and oxygen atoms in total. The Balaban J connectivity index is 2.86. The molecule has 60 valence electrons. The van der Waals surface area contributed by atoms with Gasteiger partial charge in [-0.3, -0.25) is 0 Å². The Kier molecular flexibility index (Phi) is 3.62. The fourth-order valence-electron chi connectivity index (χ4n) is 0.862. The van der Waals surface area contributed by atoms with E-state index in [0.717, 1.165) is 15.0 Å². The Bertz CT molecular complexity index is 250. The van der Waals surface area contributed by atoms with Gasteiger partial charge in [0.1, 0.15) is 0 Å². The van der Waals surface area contributed by atoms with E-state index in [0.29, 0.717) is 6.54 Å². The number of hydrogen-bond donors (Lipinski definition) is 1. The summed E-state index contributed by atoms with van der Waals surface area (Å²) >= 11 is 8.06. The molecule has 0 aromatic heterocycles. The minimum atomic E-state index is 0.692. The largest absolute Gasteiger partial charge is 0.330 e. The van der Waals surface area contributed by atoms with Crippen molar-refractivity contribution in [3.63, 3.8) is 0 Å². The van der Waals surface area contributed by atoms with Gasteiger partial charge in [0, 0.05) is 3.57 Å². The fraction of sp³-hybridized carbons (Fsp3) is 0.250. The smallest absolute Gasteiger partial charge is 0.0539 e. The molecule has 0 saturated heterocycles. The maximum Gasteiger partial charge on any atom is 0.0539 e. The second kappa shape index (κ2) is 4.28. The van der Waals surface area contributed by atoms with E-state index in [-0.39, 0.29) is 0 Å². The summed E-state index contributed by atoms with van der Waals surface area (Å²) in [4.78, 5) is 0. The average molecular weight is 282 g/mol. The van der Waals surface area contributed by atoms with Crippen LogP contribution in [0.3, 0.4) is 0 Å². The molecule has 1 aromatic rings. The average Bonchev–Trinajstić information content (AvgIpc) is 1.98. The Morgan fingerprint density at radius 3 is 2.73 bits per heavy atom. The third kappa shape index (κ3) is 2.61. The number of hydrogen-bond acceptors (Lipinski definition) is 1. The van der Waals surface area contributed by atoms with Crippen molar-refractivity contribution < 1.29 is 0 Å². The van der Waals surface area contributed by atoms with Crippen LogP contribution >= 0.6 is 34.2 Å². The highest BCUT2D eigenvalue weighted by Gasteiger charge is 1.96. The lowest BCUT2D eigenvalue weighted by Gasteiger charge is -2.00. The van der Waals surface area contributed by atoms with Crippen LogP contribution in [0.2, 0.25) is 5.02 Å². The van der Waals surface area contributed by atoms with Crippen LogP contribution in [0.5, 0.6) is 0 Å². The van der Waals surface area contributed by atoms with Crippen molar-refractivity contribution in [3.05, 3.63) is 32.4 Å². The van der Waals surface area contributed by atoms with E-state index in [1.54, 1.807) is 0 Å². The molecule has 0 bridgehead atoms. The van der Waals surface area contributed by atoms with E-state index in [1.807, 2.05) is 12.1 Å². The van der Waals surface area contributed by atoms with Gasteiger partial charge in [-0.1, -0.05) is 17.7 Å². The first kappa shape index (κ1) is 9.29. The summed E-state index contributed by atoms with van der Waals surface area (Å²) in [6, 6.07) is 5.99. The van der Waals surface area contributed by atoms with Gasteiger partial charge >= 0.3 is 0 Å². The van der Waals surface area contributed by atoms with E-state index in [2.05, 4.69) is 28.7 Å². The van der Waals surface area contributed by atoms with Gasteiger partial charge in [0.25, 0.3) is 0 Å². The SMILES string of the molecule is NCCc1ccc(Cl)c(I)c1. The minimum absolute atomic E-state index is 0.692. The third-order valence-electron chi connectivity index (χ3n) is 1.42. The van der Waals surface area contributed by atoms with Crippen LogP contribution in [-0.2, 0) is 6.42 Å². The molecule has 0 heterocycles. The molecule has 0 saturated carbocycles. The van der Waals surface area contributed by atoms with Gasteiger partial charge in [-0.25, -0.2) is 0 Å². The quantitative estimate of drug-likeness (QED) is 0.828. The van der Waals surface area contributed by atoms with Crippen LogP contribution in [0.4, 0.5) is 0 Å². The third-order valence-corrected chi connectivity index (χ3v) is 2.96. The van der Waals surface area contributed by atoms with Crippen LogP contribution in [0.25, 0.3) is 0 Å². The summed E-state index contributed by atoms with van der Waals surface area (Å²) in [6.45, 7) is 0.692. The van der Waals surface area contributed by atoms with Crippen molar-refractivity contribution in [1.82, 2.24) is 0 Å². The topological polar surface area (TPSA) is 26.0 Å². The van der Waals surface area contributed by atoms with Gasteiger partial charge in [0.2, 0.25) is 0 Å². The zero-order valence-corrected chi connectivity index (χ0v) is 8.89. The maximum absolute atomic E-state index is 5.84. The molecule has 0 aliphatic heterocycles. The fourth-order valence-corrected chi connectivity index (χ4v) is 1.56. The highest BCUT2D eigenvalue weighted by Crippen LogP contribution is 2.19. The molecule has 2 N–H and O–H groups in total. The van der Waals surface area contributed by atoms with Crippen LogP contribution in [0.1, 0.15) is 5.56 Å². The molecule has 0 unspecified atom stereocenters. The van der Waals surface area contributed by atoms with Gasteiger partial charge in [-0.15, -0.1) is 0 Å². The molecule has 1 rings (SSSR count). The lowest BCUT2D eigenvalue weighted by molar-refractivity contribution is 0.968. The molecular formula is C8H9ClIN. The van der Waals surface area contributed by atoms with Gasteiger partial charge in [0.15, 0.2) is 0 Å². The second-order valence-electron chi connectivity index (χ2n) is 2.29. The second-order valence-corrected chi connectivity index (χ2v) is 3.86. The zero-order valence-electron chi connectivity index (χ0n) is 5.98. The van der Waals surface area contributed by atoms with Gasteiger partial charge < -0.3 is 5.73 Å². The minimum Gasteiger partial charge on any atom is -0.330 e. The molecular weight excluding hydrogens is 272 g/mol. The van der Waals surface area contributed by atoms with Gasteiger partial charge in [0.05, 0.1) is 5.02 Å². The van der Waals surface area contributed by atoms with Crippen LogP contribution in [-0.4, -0.2) is 6.54 Å². The van der Waals surface area contributed by atoms with Crippen LogP contribution < -0.4 is 5.73 Å². The van der Waals surface area contributed by atoms with Crippen LogP contribution in [0.15, 0.2) is 18.2 Å². The summed E-state index contributed by atoms with van der Waals surface area (Å²) in [5, 5.41) is 0.811.